The third-order valence-corrected chi connectivity index (χ3v) is 2.85. The van der Waals surface area contributed by atoms with Crippen LogP contribution in [0, 0.1) is 18.6 Å². The predicted octanol–water partition coefficient (Wildman–Crippen LogP) is 2.76. The molecular weight excluding hydrogens is 206 g/mol. The first-order valence-electron chi connectivity index (χ1n) is 4.79. The van der Waals surface area contributed by atoms with E-state index in [4.69, 9.17) is 12.2 Å². The maximum Gasteiger partial charge on any atom is 0.216 e. The topological polar surface area (TPSA) is 33.6 Å². The Morgan fingerprint density at radius 2 is 1.87 bits per heavy atom. The van der Waals surface area contributed by atoms with E-state index in [1.54, 1.807) is 4.68 Å². The molecule has 0 radical (unpaired) electrons. The van der Waals surface area contributed by atoms with Gasteiger partial charge in [0.15, 0.2) is 5.82 Å². The van der Waals surface area contributed by atoms with Crippen molar-refractivity contribution in [1.29, 1.82) is 0 Å². The fourth-order valence-corrected chi connectivity index (χ4v) is 1.84. The highest BCUT2D eigenvalue weighted by molar-refractivity contribution is 7.71. The largest absolute Gasteiger partial charge is 0.279 e. The van der Waals surface area contributed by atoms with Crippen molar-refractivity contribution in [2.45, 2.75) is 13.8 Å². The van der Waals surface area contributed by atoms with Gasteiger partial charge in [0.2, 0.25) is 4.77 Å². The van der Waals surface area contributed by atoms with Crippen LogP contribution in [-0.4, -0.2) is 14.8 Å². The molecule has 2 aromatic rings. The second-order valence-electron chi connectivity index (χ2n) is 3.68. The fourth-order valence-electron chi connectivity index (χ4n) is 1.70. The van der Waals surface area contributed by atoms with Crippen LogP contribution in [0.4, 0.5) is 0 Å². The number of benzene rings is 1. The molecule has 15 heavy (non-hydrogen) atoms. The highest BCUT2D eigenvalue weighted by Gasteiger charge is 2.08. The molecule has 1 heterocycles. The maximum atomic E-state index is 5.08. The summed E-state index contributed by atoms with van der Waals surface area (Å²) in [5, 5.41) is 3.14. The number of aromatic amines is 1. The van der Waals surface area contributed by atoms with Crippen molar-refractivity contribution in [3.05, 3.63) is 34.1 Å². The molecule has 0 spiro atoms. The van der Waals surface area contributed by atoms with Crippen LogP contribution in [-0.2, 0) is 7.05 Å². The summed E-state index contributed by atoms with van der Waals surface area (Å²) >= 11 is 5.08. The summed E-state index contributed by atoms with van der Waals surface area (Å²) in [6.07, 6.45) is 0. The molecule has 2 rings (SSSR count). The Kier molecular flexibility index (Phi) is 2.44. The normalized spacial score (nSPS) is 10.6. The lowest BCUT2D eigenvalue weighted by Gasteiger charge is -2.05. The molecule has 0 aliphatic carbocycles. The average Bonchev–Trinajstić information content (AvgIpc) is 2.46. The molecule has 0 aliphatic heterocycles. The zero-order valence-corrected chi connectivity index (χ0v) is 9.85. The number of hydrogen-bond donors (Lipinski definition) is 1. The monoisotopic (exact) mass is 219 g/mol. The molecule has 3 nitrogen and oxygen atoms in total. The Bertz CT molecular complexity index is 531. The maximum absolute atomic E-state index is 5.08. The number of nitrogens with one attached hydrogen (secondary N) is 1. The molecule has 1 aromatic heterocycles. The second kappa shape index (κ2) is 3.62. The van der Waals surface area contributed by atoms with E-state index in [-0.39, 0.29) is 0 Å². The van der Waals surface area contributed by atoms with Gasteiger partial charge in [0.05, 0.1) is 0 Å². The number of aromatic nitrogens is 3. The van der Waals surface area contributed by atoms with Crippen LogP contribution in [0.25, 0.3) is 11.4 Å². The molecule has 0 atom stereocenters. The van der Waals surface area contributed by atoms with E-state index in [0.717, 1.165) is 11.4 Å². The number of hydrogen-bond acceptors (Lipinski definition) is 2. The van der Waals surface area contributed by atoms with Gasteiger partial charge in [-0.05, 0) is 37.2 Å². The van der Waals surface area contributed by atoms with Crippen molar-refractivity contribution in [1.82, 2.24) is 14.8 Å². The van der Waals surface area contributed by atoms with Crippen LogP contribution >= 0.6 is 12.2 Å². The third kappa shape index (κ3) is 1.72. The summed E-state index contributed by atoms with van der Waals surface area (Å²) < 4.78 is 2.32. The summed E-state index contributed by atoms with van der Waals surface area (Å²) in [5.41, 5.74) is 3.56. The number of H-pyrrole nitrogens is 1. The second-order valence-corrected chi connectivity index (χ2v) is 4.05. The summed E-state index contributed by atoms with van der Waals surface area (Å²) in [6, 6.07) is 6.20. The van der Waals surface area contributed by atoms with Gasteiger partial charge in [-0.3, -0.25) is 9.78 Å². The minimum absolute atomic E-state index is 0.577. The third-order valence-electron chi connectivity index (χ3n) is 2.49. The zero-order chi connectivity index (χ0) is 11.0. The molecule has 4 heteroatoms. The van der Waals surface area contributed by atoms with E-state index >= 15 is 0 Å². The smallest absolute Gasteiger partial charge is 0.216 e. The minimum Gasteiger partial charge on any atom is -0.279 e. The van der Waals surface area contributed by atoms with E-state index in [9.17, 15) is 0 Å². The quantitative estimate of drug-likeness (QED) is 0.748. The van der Waals surface area contributed by atoms with Gasteiger partial charge < -0.3 is 0 Å². The van der Waals surface area contributed by atoms with E-state index in [1.165, 1.54) is 11.1 Å². The van der Waals surface area contributed by atoms with Crippen LogP contribution in [0.3, 0.4) is 0 Å². The Hall–Kier alpha value is -1.42. The van der Waals surface area contributed by atoms with E-state index in [1.807, 2.05) is 13.1 Å². The van der Waals surface area contributed by atoms with Gasteiger partial charge in [0.1, 0.15) is 0 Å². The van der Waals surface area contributed by atoms with Crippen LogP contribution < -0.4 is 0 Å². The van der Waals surface area contributed by atoms with Gasteiger partial charge in [-0.25, -0.2) is 0 Å². The van der Waals surface area contributed by atoms with Gasteiger partial charge in [-0.15, -0.1) is 0 Å². The highest BCUT2D eigenvalue weighted by atomic mass is 32.1. The van der Waals surface area contributed by atoms with Crippen molar-refractivity contribution >= 4 is 12.2 Å². The Balaban J connectivity index is 2.68. The highest BCUT2D eigenvalue weighted by Crippen LogP contribution is 2.23. The van der Waals surface area contributed by atoms with Gasteiger partial charge in [-0.1, -0.05) is 18.2 Å². The molecule has 0 saturated heterocycles. The molecule has 0 unspecified atom stereocenters. The molecule has 0 saturated carbocycles. The Morgan fingerprint density at radius 3 is 2.33 bits per heavy atom. The van der Waals surface area contributed by atoms with Crippen LogP contribution in [0.15, 0.2) is 18.2 Å². The van der Waals surface area contributed by atoms with Crippen molar-refractivity contribution in [3.8, 4) is 11.4 Å². The molecule has 0 amide bonds. The Morgan fingerprint density at radius 1 is 1.27 bits per heavy atom. The van der Waals surface area contributed by atoms with Crippen LogP contribution in [0.5, 0.6) is 0 Å². The van der Waals surface area contributed by atoms with E-state index in [0.29, 0.717) is 4.77 Å². The molecule has 0 bridgehead atoms. The molecule has 0 fully saturated rings. The molecule has 78 valence electrons. The van der Waals surface area contributed by atoms with E-state index in [2.05, 4.69) is 36.1 Å². The molecule has 0 aliphatic rings. The first-order chi connectivity index (χ1) is 7.09. The predicted molar refractivity (Wildman–Crippen MR) is 63.3 cm³/mol. The summed E-state index contributed by atoms with van der Waals surface area (Å²) in [6.45, 7) is 4.15. The van der Waals surface area contributed by atoms with E-state index < -0.39 is 0 Å². The minimum atomic E-state index is 0.577. The lowest BCUT2D eigenvalue weighted by atomic mass is 10.0. The van der Waals surface area contributed by atoms with Crippen molar-refractivity contribution < 1.29 is 0 Å². The van der Waals surface area contributed by atoms with Gasteiger partial charge in [0, 0.05) is 12.6 Å². The number of aryl methyl sites for hydroxylation is 3. The molecular formula is C11H13N3S. The zero-order valence-electron chi connectivity index (χ0n) is 9.03. The van der Waals surface area contributed by atoms with Crippen molar-refractivity contribution in [3.63, 3.8) is 0 Å². The van der Waals surface area contributed by atoms with Gasteiger partial charge in [0.25, 0.3) is 0 Å². The fraction of sp³-hybridized carbons (Fsp3) is 0.273. The first kappa shape index (κ1) is 10.1. The van der Waals surface area contributed by atoms with Crippen molar-refractivity contribution in [2.24, 2.45) is 7.05 Å². The van der Waals surface area contributed by atoms with Gasteiger partial charge >= 0.3 is 0 Å². The summed E-state index contributed by atoms with van der Waals surface area (Å²) in [4.78, 5) is 4.32. The molecule has 1 aromatic carbocycles. The van der Waals surface area contributed by atoms with Gasteiger partial charge in [-0.2, -0.15) is 4.98 Å². The molecule has 1 N–H and O–H groups in total. The lowest BCUT2D eigenvalue weighted by molar-refractivity contribution is 0.756. The van der Waals surface area contributed by atoms with Crippen LogP contribution in [0.1, 0.15) is 11.1 Å². The standard InChI is InChI=1S/C11H13N3S/c1-7-5-4-6-8(2)9(7)10-12-11(15)14(3)13-10/h4-6H,1-3H3,(H,12,13,15). The SMILES string of the molecule is Cc1cccc(C)c1-c1nc(=S)n(C)[nH]1. The summed E-state index contributed by atoms with van der Waals surface area (Å²) in [7, 11) is 1.87. The summed E-state index contributed by atoms with van der Waals surface area (Å²) in [5.74, 6) is 0.845. The Labute approximate surface area is 93.8 Å². The van der Waals surface area contributed by atoms with Crippen LogP contribution in [0.2, 0.25) is 0 Å². The van der Waals surface area contributed by atoms with Crippen molar-refractivity contribution in [2.75, 3.05) is 0 Å². The number of rotatable bonds is 1. The number of nitrogens with zero attached hydrogens (tertiary/aromatic N) is 2. The lowest BCUT2D eigenvalue weighted by Crippen LogP contribution is -1.92. The first-order valence-corrected chi connectivity index (χ1v) is 5.20. The average molecular weight is 219 g/mol.